The van der Waals surface area contributed by atoms with Gasteiger partial charge < -0.3 is 14.2 Å². The first kappa shape index (κ1) is 14.2. The third-order valence-electron chi connectivity index (χ3n) is 3.41. The predicted molar refractivity (Wildman–Crippen MR) is 82.7 cm³/mol. The van der Waals surface area contributed by atoms with Crippen molar-refractivity contribution in [3.63, 3.8) is 0 Å². The van der Waals surface area contributed by atoms with E-state index in [0.29, 0.717) is 17.1 Å². The Bertz CT molecular complexity index is 704. The van der Waals surface area contributed by atoms with Crippen LogP contribution < -0.4 is 9.47 Å². The predicted octanol–water partition coefficient (Wildman–Crippen LogP) is 3.21. The Kier molecular flexibility index (Phi) is 4.10. The zero-order valence-corrected chi connectivity index (χ0v) is 12.2. The molecule has 0 amide bonds. The maximum Gasteiger partial charge on any atom is 0.337 e. The highest BCUT2D eigenvalue weighted by Crippen LogP contribution is 2.35. The molecule has 3 rings (SSSR count). The van der Waals surface area contributed by atoms with Gasteiger partial charge in [-0.1, -0.05) is 42.5 Å². The molecule has 1 aliphatic heterocycles. The maximum absolute atomic E-state index is 12.1. The highest BCUT2D eigenvalue weighted by atomic mass is 16.5. The summed E-state index contributed by atoms with van der Waals surface area (Å²) in [5, 5.41) is 0. The van der Waals surface area contributed by atoms with Crippen LogP contribution in [0.2, 0.25) is 0 Å². The van der Waals surface area contributed by atoms with E-state index in [2.05, 4.69) is 0 Å². The van der Waals surface area contributed by atoms with Gasteiger partial charge in [0, 0.05) is 5.56 Å². The van der Waals surface area contributed by atoms with Gasteiger partial charge in [-0.3, -0.25) is 0 Å². The topological polar surface area (TPSA) is 44.8 Å². The van der Waals surface area contributed by atoms with Crippen molar-refractivity contribution in [2.24, 2.45) is 0 Å². The van der Waals surface area contributed by atoms with Crippen LogP contribution in [-0.4, -0.2) is 19.7 Å². The van der Waals surface area contributed by atoms with E-state index in [1.807, 2.05) is 48.5 Å². The second-order valence-electron chi connectivity index (χ2n) is 4.90. The average Bonchev–Trinajstić information content (AvgIpc) is 2.59. The number of ether oxygens (including phenoxy) is 3. The lowest BCUT2D eigenvalue weighted by Gasteiger charge is -2.19. The number of esters is 1. The summed E-state index contributed by atoms with van der Waals surface area (Å²) in [6.07, 6.45) is 1.79. The molecule has 0 N–H and O–H groups in total. The minimum absolute atomic E-state index is 0.182. The zero-order valence-electron chi connectivity index (χ0n) is 12.2. The fraction of sp³-hybridized carbons (Fsp3) is 0.167. The van der Waals surface area contributed by atoms with Crippen LogP contribution >= 0.6 is 0 Å². The number of carbonyl (C=O) groups is 1. The number of hydrogen-bond acceptors (Lipinski definition) is 4. The van der Waals surface area contributed by atoms with Crippen molar-refractivity contribution in [2.45, 2.75) is 6.61 Å². The summed E-state index contributed by atoms with van der Waals surface area (Å²) in [6, 6.07) is 15.1. The number of methoxy groups -OCH3 is 1. The Balaban J connectivity index is 1.72. The van der Waals surface area contributed by atoms with Crippen molar-refractivity contribution in [1.82, 2.24) is 0 Å². The summed E-state index contributed by atoms with van der Waals surface area (Å²) in [5.74, 6) is 0.951. The summed E-state index contributed by atoms with van der Waals surface area (Å²) >= 11 is 0. The molecule has 22 heavy (non-hydrogen) atoms. The van der Waals surface area contributed by atoms with Gasteiger partial charge in [-0.2, -0.15) is 0 Å². The third-order valence-corrected chi connectivity index (χ3v) is 3.41. The van der Waals surface area contributed by atoms with Gasteiger partial charge >= 0.3 is 5.97 Å². The van der Waals surface area contributed by atoms with Crippen LogP contribution in [0.5, 0.6) is 11.5 Å². The molecule has 0 spiro atoms. The maximum atomic E-state index is 12.1. The average molecular weight is 296 g/mol. The molecule has 0 unspecified atom stereocenters. The second-order valence-corrected chi connectivity index (χ2v) is 4.90. The van der Waals surface area contributed by atoms with E-state index in [9.17, 15) is 4.79 Å². The third kappa shape index (κ3) is 2.96. The Hall–Kier alpha value is -2.75. The van der Waals surface area contributed by atoms with E-state index in [4.69, 9.17) is 14.2 Å². The van der Waals surface area contributed by atoms with Crippen molar-refractivity contribution in [3.05, 3.63) is 65.2 Å². The highest BCUT2D eigenvalue weighted by Gasteiger charge is 2.20. The molecule has 2 aromatic rings. The van der Waals surface area contributed by atoms with E-state index >= 15 is 0 Å². The summed E-state index contributed by atoms with van der Waals surface area (Å²) in [6.45, 7) is 0.434. The normalized spacial score (nSPS) is 12.7. The van der Waals surface area contributed by atoms with Crippen LogP contribution in [0, 0.1) is 0 Å². The largest absolute Gasteiger partial charge is 0.493 e. The van der Waals surface area contributed by atoms with Crippen molar-refractivity contribution in [2.75, 3.05) is 13.7 Å². The first-order chi connectivity index (χ1) is 10.8. The van der Waals surface area contributed by atoms with Gasteiger partial charge in [-0.05, 0) is 17.7 Å². The van der Waals surface area contributed by atoms with E-state index in [-0.39, 0.29) is 19.2 Å². The van der Waals surface area contributed by atoms with Gasteiger partial charge in [0.1, 0.15) is 13.2 Å². The van der Waals surface area contributed by atoms with Crippen molar-refractivity contribution >= 4 is 12.0 Å². The van der Waals surface area contributed by atoms with Crippen LogP contribution in [0.25, 0.3) is 6.08 Å². The molecule has 1 heterocycles. The van der Waals surface area contributed by atoms with Gasteiger partial charge in [0.25, 0.3) is 0 Å². The summed E-state index contributed by atoms with van der Waals surface area (Å²) < 4.78 is 16.2. The molecular weight excluding hydrogens is 280 g/mol. The molecule has 0 fully saturated rings. The van der Waals surface area contributed by atoms with Crippen molar-refractivity contribution in [3.8, 4) is 11.5 Å². The number of rotatable bonds is 4. The number of carbonyl (C=O) groups excluding carboxylic acids is 1. The standard InChI is InChI=1S/C18H16O4/c1-20-16-9-5-8-14-10-15(12-21-17(14)16)18(19)22-11-13-6-3-2-4-7-13/h2-10H,11-12H2,1H3. The number of hydrogen-bond donors (Lipinski definition) is 0. The van der Waals surface area contributed by atoms with E-state index in [1.54, 1.807) is 13.2 Å². The van der Waals surface area contributed by atoms with Gasteiger partial charge in [0.15, 0.2) is 11.5 Å². The first-order valence-electron chi connectivity index (χ1n) is 6.99. The minimum Gasteiger partial charge on any atom is -0.493 e. The molecule has 0 saturated heterocycles. The lowest BCUT2D eigenvalue weighted by Crippen LogP contribution is -2.17. The van der Waals surface area contributed by atoms with Crippen LogP contribution in [0.15, 0.2) is 54.1 Å². The lowest BCUT2D eigenvalue weighted by molar-refractivity contribution is -0.140. The van der Waals surface area contributed by atoms with Gasteiger partial charge in [0.05, 0.1) is 12.7 Å². The zero-order chi connectivity index (χ0) is 15.4. The molecule has 0 aliphatic carbocycles. The molecule has 4 nitrogen and oxygen atoms in total. The SMILES string of the molecule is COc1cccc2c1OCC(C(=O)OCc1ccccc1)=C2. The fourth-order valence-electron chi connectivity index (χ4n) is 2.27. The molecule has 2 aromatic carbocycles. The Labute approximate surface area is 128 Å². The van der Waals surface area contributed by atoms with Gasteiger partial charge in [0.2, 0.25) is 0 Å². The Morgan fingerprint density at radius 3 is 2.73 bits per heavy atom. The summed E-state index contributed by atoms with van der Waals surface area (Å²) in [7, 11) is 1.59. The number of para-hydroxylation sites is 1. The van der Waals surface area contributed by atoms with E-state index in [0.717, 1.165) is 11.1 Å². The molecule has 0 bridgehead atoms. The molecule has 0 radical (unpaired) electrons. The Morgan fingerprint density at radius 1 is 1.14 bits per heavy atom. The quantitative estimate of drug-likeness (QED) is 0.813. The Morgan fingerprint density at radius 2 is 1.95 bits per heavy atom. The second kappa shape index (κ2) is 6.35. The summed E-state index contributed by atoms with van der Waals surface area (Å²) in [4.78, 5) is 12.1. The number of benzene rings is 2. The smallest absolute Gasteiger partial charge is 0.337 e. The molecule has 0 atom stereocenters. The summed E-state index contributed by atoms with van der Waals surface area (Å²) in [5.41, 5.74) is 2.27. The van der Waals surface area contributed by atoms with Gasteiger partial charge in [-0.25, -0.2) is 4.79 Å². The molecular formula is C18H16O4. The number of fused-ring (bicyclic) bond motifs is 1. The van der Waals surface area contributed by atoms with E-state index < -0.39 is 0 Å². The minimum atomic E-state index is -0.364. The van der Waals surface area contributed by atoms with E-state index in [1.165, 1.54) is 0 Å². The highest BCUT2D eigenvalue weighted by molar-refractivity contribution is 5.95. The molecule has 0 saturated carbocycles. The first-order valence-corrected chi connectivity index (χ1v) is 6.99. The van der Waals surface area contributed by atoms with Crippen molar-refractivity contribution in [1.29, 1.82) is 0 Å². The monoisotopic (exact) mass is 296 g/mol. The molecule has 1 aliphatic rings. The van der Waals surface area contributed by atoms with Crippen LogP contribution in [-0.2, 0) is 16.1 Å². The van der Waals surface area contributed by atoms with Gasteiger partial charge in [-0.15, -0.1) is 0 Å². The fourth-order valence-corrected chi connectivity index (χ4v) is 2.27. The molecule has 0 aromatic heterocycles. The van der Waals surface area contributed by atoms with Crippen molar-refractivity contribution < 1.29 is 19.0 Å². The van der Waals surface area contributed by atoms with Crippen LogP contribution in [0.1, 0.15) is 11.1 Å². The van der Waals surface area contributed by atoms with Crippen LogP contribution in [0.4, 0.5) is 0 Å². The lowest BCUT2D eigenvalue weighted by atomic mass is 10.1. The molecule has 4 heteroatoms. The molecule has 112 valence electrons. The van der Waals surface area contributed by atoms with Crippen LogP contribution in [0.3, 0.4) is 0 Å².